The van der Waals surface area contributed by atoms with Crippen molar-refractivity contribution in [2.75, 3.05) is 6.54 Å². The fraction of sp³-hybridized carbons (Fsp3) is 0.640. The molecule has 0 fully saturated rings. The monoisotopic (exact) mass is 461 g/mol. The van der Waals surface area contributed by atoms with Crippen LogP contribution in [0.3, 0.4) is 0 Å². The minimum Gasteiger partial charge on any atom is -0.444 e. The molecule has 32 heavy (non-hydrogen) atoms. The lowest BCUT2D eigenvalue weighted by atomic mass is 9.92. The van der Waals surface area contributed by atoms with E-state index in [1.54, 1.807) is 23.2 Å². The molecule has 0 radical (unpaired) electrons. The van der Waals surface area contributed by atoms with Crippen LogP contribution in [-0.2, 0) is 36.6 Å². The normalized spacial score (nSPS) is 13.8. The van der Waals surface area contributed by atoms with Crippen LogP contribution in [0.15, 0.2) is 11.4 Å². The molecule has 0 aliphatic carbocycles. The molecule has 3 rings (SSSR count). The molecule has 6 nitrogen and oxygen atoms in total. The Morgan fingerprint density at radius 3 is 2.34 bits per heavy atom. The van der Waals surface area contributed by atoms with Gasteiger partial charge in [0.25, 0.3) is 0 Å². The first-order valence-corrected chi connectivity index (χ1v) is 12.2. The molecule has 0 aromatic carbocycles. The molecular weight excluding hydrogens is 422 g/mol. The van der Waals surface area contributed by atoms with Crippen molar-refractivity contribution in [2.45, 2.75) is 92.2 Å². The SMILES string of the molecule is CC(=O)c1csc2c1CCN(C(=O)OC(C)(C)C)C2.CCCc1cc(C(C)(C)C)nn1C. The third-order valence-corrected chi connectivity index (χ3v) is 6.24. The number of carbonyl (C=O) groups excluding carboxylic acids is 2. The van der Waals surface area contributed by atoms with E-state index >= 15 is 0 Å². The Kier molecular flexibility index (Phi) is 8.32. The van der Waals surface area contributed by atoms with Gasteiger partial charge in [-0.3, -0.25) is 9.48 Å². The largest absolute Gasteiger partial charge is 0.444 e. The van der Waals surface area contributed by atoms with Crippen molar-refractivity contribution in [1.29, 1.82) is 0 Å². The van der Waals surface area contributed by atoms with Gasteiger partial charge in [-0.25, -0.2) is 4.79 Å². The molecule has 0 atom stereocenters. The maximum atomic E-state index is 12.0. The fourth-order valence-electron chi connectivity index (χ4n) is 3.47. The number of nitrogens with zero attached hydrogens (tertiary/aromatic N) is 3. The lowest BCUT2D eigenvalue weighted by Gasteiger charge is -2.30. The molecule has 1 amide bonds. The number of ether oxygens (including phenoxy) is 1. The van der Waals surface area contributed by atoms with E-state index in [-0.39, 0.29) is 17.3 Å². The number of hydrogen-bond acceptors (Lipinski definition) is 5. The minimum absolute atomic E-state index is 0.100. The summed E-state index contributed by atoms with van der Waals surface area (Å²) in [6.07, 6.45) is 2.76. The summed E-state index contributed by atoms with van der Waals surface area (Å²) in [5.74, 6) is 0.100. The summed E-state index contributed by atoms with van der Waals surface area (Å²) in [6, 6.07) is 2.23. The molecule has 2 aromatic heterocycles. The molecule has 1 aliphatic heterocycles. The van der Waals surface area contributed by atoms with Crippen LogP contribution in [0.4, 0.5) is 4.79 Å². The van der Waals surface area contributed by atoms with Crippen LogP contribution in [0.1, 0.15) is 94.0 Å². The first-order chi connectivity index (χ1) is 14.7. The molecule has 7 heteroatoms. The van der Waals surface area contributed by atoms with Crippen LogP contribution in [-0.4, -0.2) is 38.7 Å². The van der Waals surface area contributed by atoms with Crippen molar-refractivity contribution < 1.29 is 14.3 Å². The molecule has 0 spiro atoms. The molecule has 0 bridgehead atoms. The maximum absolute atomic E-state index is 12.0. The summed E-state index contributed by atoms with van der Waals surface area (Å²) in [7, 11) is 2.03. The van der Waals surface area contributed by atoms with Gasteiger partial charge < -0.3 is 9.64 Å². The van der Waals surface area contributed by atoms with Gasteiger partial charge in [-0.15, -0.1) is 11.3 Å². The average molecular weight is 462 g/mol. The van der Waals surface area contributed by atoms with Gasteiger partial charge in [0.05, 0.1) is 12.2 Å². The Bertz CT molecular complexity index is 945. The molecule has 0 N–H and O–H groups in total. The standard InChI is InChI=1S/C14H19NO3S.C11H20N2/c1-9(16)11-8-19-12-7-15(6-5-10(11)12)13(17)18-14(2,3)4;1-6-7-9-8-10(11(2,3)4)12-13(9)5/h8H,5-7H2,1-4H3;8H,6-7H2,1-5H3. The summed E-state index contributed by atoms with van der Waals surface area (Å²) in [4.78, 5) is 26.3. The van der Waals surface area contributed by atoms with Gasteiger partial charge in [-0.2, -0.15) is 5.10 Å². The van der Waals surface area contributed by atoms with Gasteiger partial charge in [0, 0.05) is 40.5 Å². The molecule has 2 aromatic rings. The number of ketones is 1. The summed E-state index contributed by atoms with van der Waals surface area (Å²) in [5, 5.41) is 6.41. The van der Waals surface area contributed by atoms with Crippen LogP contribution in [0, 0.1) is 0 Å². The van der Waals surface area contributed by atoms with Crippen molar-refractivity contribution in [1.82, 2.24) is 14.7 Å². The van der Waals surface area contributed by atoms with Gasteiger partial charge >= 0.3 is 6.09 Å². The number of Topliss-reactive ketones (excluding diaryl/α,β-unsaturated/α-hetero) is 1. The number of aromatic nitrogens is 2. The van der Waals surface area contributed by atoms with Crippen molar-refractivity contribution >= 4 is 23.2 Å². The van der Waals surface area contributed by atoms with E-state index in [4.69, 9.17) is 4.74 Å². The maximum Gasteiger partial charge on any atom is 0.410 e. The molecule has 1 aliphatic rings. The highest BCUT2D eigenvalue weighted by atomic mass is 32.1. The number of rotatable bonds is 3. The van der Waals surface area contributed by atoms with E-state index in [0.717, 1.165) is 28.8 Å². The molecule has 178 valence electrons. The van der Waals surface area contributed by atoms with Gasteiger partial charge in [-0.05, 0) is 52.2 Å². The number of amides is 1. The van der Waals surface area contributed by atoms with E-state index < -0.39 is 5.60 Å². The van der Waals surface area contributed by atoms with Crippen LogP contribution in [0.25, 0.3) is 0 Å². The predicted molar refractivity (Wildman–Crippen MR) is 131 cm³/mol. The quantitative estimate of drug-likeness (QED) is 0.533. The summed E-state index contributed by atoms with van der Waals surface area (Å²) >= 11 is 1.55. The van der Waals surface area contributed by atoms with Crippen molar-refractivity contribution in [3.8, 4) is 0 Å². The highest BCUT2D eigenvalue weighted by Gasteiger charge is 2.28. The molecule has 0 saturated heterocycles. The van der Waals surface area contributed by atoms with E-state index in [1.807, 2.05) is 37.9 Å². The topological polar surface area (TPSA) is 64.4 Å². The fourth-order valence-corrected chi connectivity index (χ4v) is 4.62. The Balaban J connectivity index is 0.000000244. The van der Waals surface area contributed by atoms with Crippen LogP contribution in [0.5, 0.6) is 0 Å². The third kappa shape index (κ3) is 6.92. The zero-order valence-electron chi connectivity index (χ0n) is 21.2. The number of aryl methyl sites for hydroxylation is 2. The minimum atomic E-state index is -0.475. The van der Waals surface area contributed by atoms with Gasteiger partial charge in [0.2, 0.25) is 0 Å². The lowest BCUT2D eigenvalue weighted by molar-refractivity contribution is 0.0226. The first kappa shape index (κ1) is 26.1. The zero-order valence-corrected chi connectivity index (χ0v) is 22.0. The van der Waals surface area contributed by atoms with Gasteiger partial charge in [-0.1, -0.05) is 34.1 Å². The Hall–Kier alpha value is -2.15. The highest BCUT2D eigenvalue weighted by molar-refractivity contribution is 7.10. The molecule has 0 unspecified atom stereocenters. The van der Waals surface area contributed by atoms with E-state index in [1.165, 1.54) is 17.8 Å². The number of carbonyl (C=O) groups is 2. The summed E-state index contributed by atoms with van der Waals surface area (Å²) in [5.41, 5.74) is 4.15. The van der Waals surface area contributed by atoms with E-state index in [9.17, 15) is 9.59 Å². The molecule has 0 saturated carbocycles. The predicted octanol–water partition coefficient (Wildman–Crippen LogP) is 5.91. The molecule has 3 heterocycles. The van der Waals surface area contributed by atoms with Gasteiger partial charge in [0.1, 0.15) is 5.60 Å². The van der Waals surface area contributed by atoms with Crippen molar-refractivity contribution in [3.63, 3.8) is 0 Å². The molecular formula is C25H39N3O3S. The number of hydrogen-bond donors (Lipinski definition) is 0. The van der Waals surface area contributed by atoms with Gasteiger partial charge in [0.15, 0.2) is 5.78 Å². The lowest BCUT2D eigenvalue weighted by Crippen LogP contribution is -2.39. The second kappa shape index (κ2) is 10.2. The Morgan fingerprint density at radius 2 is 1.84 bits per heavy atom. The summed E-state index contributed by atoms with van der Waals surface area (Å²) in [6.45, 7) is 17.1. The number of fused-ring (bicyclic) bond motifs is 1. The van der Waals surface area contributed by atoms with Crippen LogP contribution < -0.4 is 0 Å². The van der Waals surface area contributed by atoms with Crippen molar-refractivity contribution in [3.05, 3.63) is 38.8 Å². The summed E-state index contributed by atoms with van der Waals surface area (Å²) < 4.78 is 7.38. The van der Waals surface area contributed by atoms with Crippen LogP contribution >= 0.6 is 11.3 Å². The van der Waals surface area contributed by atoms with E-state index in [0.29, 0.717) is 13.1 Å². The zero-order chi connectivity index (χ0) is 24.3. The number of thiophene rings is 1. The second-order valence-corrected chi connectivity index (χ2v) is 11.4. The third-order valence-electron chi connectivity index (χ3n) is 5.23. The van der Waals surface area contributed by atoms with Crippen molar-refractivity contribution in [2.24, 2.45) is 7.05 Å². The second-order valence-electron chi connectivity index (χ2n) is 10.4. The Labute approximate surface area is 197 Å². The van der Waals surface area contributed by atoms with E-state index in [2.05, 4.69) is 38.9 Å². The van der Waals surface area contributed by atoms with Crippen LogP contribution in [0.2, 0.25) is 0 Å². The first-order valence-electron chi connectivity index (χ1n) is 11.3. The average Bonchev–Trinajstić information content (AvgIpc) is 3.24. The highest BCUT2D eigenvalue weighted by Crippen LogP contribution is 2.29. The smallest absolute Gasteiger partial charge is 0.410 e. The Morgan fingerprint density at radius 1 is 1.19 bits per heavy atom.